The van der Waals surface area contributed by atoms with Crippen molar-refractivity contribution in [3.63, 3.8) is 0 Å². The number of methoxy groups -OCH3 is 1. The first-order valence-corrected chi connectivity index (χ1v) is 9.70. The average molecular weight is 401 g/mol. The lowest BCUT2D eigenvalue weighted by atomic mass is 10.1. The second-order valence-corrected chi connectivity index (χ2v) is 7.27. The maximum atomic E-state index is 12.6. The molecule has 1 unspecified atom stereocenters. The van der Waals surface area contributed by atoms with Crippen LogP contribution in [0.15, 0.2) is 22.7 Å². The van der Waals surface area contributed by atoms with Crippen LogP contribution in [0.2, 0.25) is 0 Å². The van der Waals surface area contributed by atoms with Gasteiger partial charge in [-0.05, 0) is 45.4 Å². The molecular weight excluding hydrogens is 374 g/mol. The predicted molar refractivity (Wildman–Crippen MR) is 106 cm³/mol. The van der Waals surface area contributed by atoms with Crippen LogP contribution in [0.25, 0.3) is 0 Å². The number of nitrogens with one attached hydrogen (secondary N) is 1. The maximum Gasteiger partial charge on any atom is 0.251 e. The van der Waals surface area contributed by atoms with Crippen molar-refractivity contribution in [1.29, 1.82) is 0 Å². The highest BCUT2D eigenvalue weighted by atomic mass is 16.5. The number of likely N-dealkylation sites (tertiary alicyclic amines) is 1. The van der Waals surface area contributed by atoms with Crippen LogP contribution in [0.3, 0.4) is 0 Å². The lowest BCUT2D eigenvalue weighted by Crippen LogP contribution is -2.42. The first-order chi connectivity index (χ1) is 13.9. The van der Waals surface area contributed by atoms with Gasteiger partial charge in [0.1, 0.15) is 12.4 Å². The zero-order chi connectivity index (χ0) is 21.0. The molecule has 1 atom stereocenters. The average Bonchev–Trinajstić information content (AvgIpc) is 3.24. The molecule has 8 nitrogen and oxygen atoms in total. The second-order valence-electron chi connectivity index (χ2n) is 7.27. The van der Waals surface area contributed by atoms with E-state index in [4.69, 9.17) is 14.0 Å². The Hall–Kier alpha value is -3.03. The normalized spacial score (nSPS) is 14.8. The summed E-state index contributed by atoms with van der Waals surface area (Å²) in [6.45, 7) is 7.15. The van der Waals surface area contributed by atoms with Gasteiger partial charge in [-0.25, -0.2) is 0 Å². The molecule has 156 valence electrons. The summed E-state index contributed by atoms with van der Waals surface area (Å²) in [6.07, 6.45) is 1.47. The Morgan fingerprint density at radius 3 is 2.76 bits per heavy atom. The van der Waals surface area contributed by atoms with Gasteiger partial charge in [-0.15, -0.1) is 0 Å². The van der Waals surface area contributed by atoms with Crippen molar-refractivity contribution < 1.29 is 23.6 Å². The molecule has 2 heterocycles. The molecular formula is C21H27N3O5. The summed E-state index contributed by atoms with van der Waals surface area (Å²) in [5, 5.41) is 6.85. The molecule has 1 aromatic carbocycles. The Kier molecular flexibility index (Phi) is 6.41. The minimum atomic E-state index is -0.222. The molecule has 1 saturated heterocycles. The van der Waals surface area contributed by atoms with E-state index in [2.05, 4.69) is 10.5 Å². The van der Waals surface area contributed by atoms with E-state index in [0.717, 1.165) is 24.2 Å². The summed E-state index contributed by atoms with van der Waals surface area (Å²) in [5.41, 5.74) is 2.13. The Bertz CT molecular complexity index is 873. The van der Waals surface area contributed by atoms with Crippen LogP contribution in [-0.4, -0.2) is 48.1 Å². The van der Waals surface area contributed by atoms with Crippen molar-refractivity contribution in [3.8, 4) is 11.5 Å². The van der Waals surface area contributed by atoms with Gasteiger partial charge >= 0.3 is 0 Å². The Morgan fingerprint density at radius 1 is 1.34 bits per heavy atom. The topological polar surface area (TPSA) is 93.9 Å². The fourth-order valence-electron chi connectivity index (χ4n) is 3.37. The molecule has 1 fully saturated rings. The number of hydrogen-bond acceptors (Lipinski definition) is 6. The minimum absolute atomic E-state index is 0.146. The second kappa shape index (κ2) is 8.98. The van der Waals surface area contributed by atoms with Gasteiger partial charge in [0.05, 0.1) is 18.4 Å². The number of aryl methyl sites for hydroxylation is 2. The standard InChI is InChI=1S/C21H27N3O5/c1-13(11-24-9-5-6-20(24)25)22-21(26)16-7-8-18(19(10-16)27-4)28-12-17-14(2)23-29-15(17)3/h7-8,10,13H,5-6,9,11-12H2,1-4H3,(H,22,26). The molecule has 0 radical (unpaired) electrons. The van der Waals surface area contributed by atoms with Crippen molar-refractivity contribution in [2.24, 2.45) is 0 Å². The Labute approximate surface area is 170 Å². The molecule has 1 aliphatic heterocycles. The fraction of sp³-hybridized carbons (Fsp3) is 0.476. The molecule has 0 saturated carbocycles. The monoisotopic (exact) mass is 401 g/mol. The first-order valence-electron chi connectivity index (χ1n) is 9.70. The third-order valence-electron chi connectivity index (χ3n) is 5.02. The van der Waals surface area contributed by atoms with Gasteiger partial charge in [0, 0.05) is 31.1 Å². The third kappa shape index (κ3) is 4.88. The van der Waals surface area contributed by atoms with Gasteiger partial charge in [-0.2, -0.15) is 0 Å². The van der Waals surface area contributed by atoms with Crippen LogP contribution in [0.5, 0.6) is 11.5 Å². The van der Waals surface area contributed by atoms with E-state index < -0.39 is 0 Å². The van der Waals surface area contributed by atoms with Crippen molar-refractivity contribution in [1.82, 2.24) is 15.4 Å². The summed E-state index contributed by atoms with van der Waals surface area (Å²) < 4.78 is 16.4. The SMILES string of the molecule is COc1cc(C(=O)NC(C)CN2CCCC2=O)ccc1OCc1c(C)noc1C. The largest absolute Gasteiger partial charge is 0.493 e. The van der Waals surface area contributed by atoms with E-state index in [-0.39, 0.29) is 17.9 Å². The van der Waals surface area contributed by atoms with E-state index in [9.17, 15) is 9.59 Å². The molecule has 29 heavy (non-hydrogen) atoms. The summed E-state index contributed by atoms with van der Waals surface area (Å²) in [5.74, 6) is 1.63. The lowest BCUT2D eigenvalue weighted by Gasteiger charge is -2.22. The van der Waals surface area contributed by atoms with Crippen LogP contribution in [0, 0.1) is 13.8 Å². The number of amides is 2. The van der Waals surface area contributed by atoms with Crippen LogP contribution >= 0.6 is 0 Å². The van der Waals surface area contributed by atoms with Crippen molar-refractivity contribution in [2.45, 2.75) is 46.3 Å². The summed E-state index contributed by atoms with van der Waals surface area (Å²) in [6, 6.07) is 4.90. The lowest BCUT2D eigenvalue weighted by molar-refractivity contribution is -0.127. The quantitative estimate of drug-likeness (QED) is 0.731. The van der Waals surface area contributed by atoms with Crippen LogP contribution in [0.4, 0.5) is 0 Å². The number of carbonyl (C=O) groups excluding carboxylic acids is 2. The van der Waals surface area contributed by atoms with E-state index >= 15 is 0 Å². The molecule has 0 bridgehead atoms. The number of hydrogen-bond donors (Lipinski definition) is 1. The Morgan fingerprint density at radius 2 is 2.14 bits per heavy atom. The molecule has 3 rings (SSSR count). The number of ether oxygens (including phenoxy) is 2. The van der Waals surface area contributed by atoms with Crippen LogP contribution in [-0.2, 0) is 11.4 Å². The number of nitrogens with zero attached hydrogens (tertiary/aromatic N) is 2. The van der Waals surface area contributed by atoms with Gasteiger partial charge in [-0.3, -0.25) is 9.59 Å². The van der Waals surface area contributed by atoms with Gasteiger partial charge in [0.25, 0.3) is 5.91 Å². The van der Waals surface area contributed by atoms with Gasteiger partial charge in [0.2, 0.25) is 5.91 Å². The van der Waals surface area contributed by atoms with Crippen molar-refractivity contribution in [3.05, 3.63) is 40.8 Å². The zero-order valence-electron chi connectivity index (χ0n) is 17.3. The molecule has 8 heteroatoms. The van der Waals surface area contributed by atoms with Gasteiger partial charge in [-0.1, -0.05) is 5.16 Å². The minimum Gasteiger partial charge on any atom is -0.493 e. The van der Waals surface area contributed by atoms with Crippen molar-refractivity contribution >= 4 is 11.8 Å². The molecule has 2 amide bonds. The highest BCUT2D eigenvalue weighted by Gasteiger charge is 2.23. The summed E-state index contributed by atoms with van der Waals surface area (Å²) in [4.78, 5) is 26.1. The smallest absolute Gasteiger partial charge is 0.251 e. The maximum absolute atomic E-state index is 12.6. The number of aromatic nitrogens is 1. The van der Waals surface area contributed by atoms with Crippen LogP contribution < -0.4 is 14.8 Å². The molecule has 0 spiro atoms. The fourth-order valence-corrected chi connectivity index (χ4v) is 3.37. The molecule has 0 aliphatic carbocycles. The van der Waals surface area contributed by atoms with Gasteiger partial charge < -0.3 is 24.2 Å². The summed E-state index contributed by atoms with van der Waals surface area (Å²) in [7, 11) is 1.53. The van der Waals surface area contributed by atoms with Crippen LogP contribution in [0.1, 0.15) is 47.1 Å². The van der Waals surface area contributed by atoms with E-state index in [1.165, 1.54) is 7.11 Å². The van der Waals surface area contributed by atoms with E-state index in [1.807, 2.05) is 20.8 Å². The first kappa shape index (κ1) is 20.7. The Balaban J connectivity index is 1.62. The van der Waals surface area contributed by atoms with E-state index in [1.54, 1.807) is 23.1 Å². The van der Waals surface area contributed by atoms with Crippen molar-refractivity contribution in [2.75, 3.05) is 20.2 Å². The number of rotatable bonds is 8. The molecule has 1 aromatic heterocycles. The zero-order valence-corrected chi connectivity index (χ0v) is 17.3. The third-order valence-corrected chi connectivity index (χ3v) is 5.02. The molecule has 2 aromatic rings. The summed E-state index contributed by atoms with van der Waals surface area (Å²) >= 11 is 0. The molecule has 1 aliphatic rings. The van der Waals surface area contributed by atoms with Gasteiger partial charge in [0.15, 0.2) is 11.5 Å². The molecule has 1 N–H and O–H groups in total. The number of carbonyl (C=O) groups is 2. The highest BCUT2D eigenvalue weighted by Crippen LogP contribution is 2.29. The number of benzene rings is 1. The highest BCUT2D eigenvalue weighted by molar-refractivity contribution is 5.95. The van der Waals surface area contributed by atoms with E-state index in [0.29, 0.717) is 42.4 Å². The predicted octanol–water partition coefficient (Wildman–Crippen LogP) is 2.62.